The van der Waals surface area contributed by atoms with E-state index in [0.717, 1.165) is 39.1 Å². The molecule has 0 spiro atoms. The summed E-state index contributed by atoms with van der Waals surface area (Å²) in [5, 5.41) is 0. The molecule has 0 atom stereocenters. The Hall–Kier alpha value is -2.53. The van der Waals surface area contributed by atoms with Gasteiger partial charge in [0.15, 0.2) is 11.5 Å². The number of carbonyl (C=O) groups excluding carboxylic acids is 1. The van der Waals surface area contributed by atoms with Crippen LogP contribution in [0.5, 0.6) is 11.5 Å². The van der Waals surface area contributed by atoms with Gasteiger partial charge in [-0.1, -0.05) is 30.3 Å². The van der Waals surface area contributed by atoms with Gasteiger partial charge in [-0.15, -0.1) is 0 Å². The number of carbonyl (C=O) groups is 1. The molecule has 144 valence electrons. The first-order chi connectivity index (χ1) is 13.2. The quantitative estimate of drug-likeness (QED) is 0.808. The van der Waals surface area contributed by atoms with E-state index in [2.05, 4.69) is 30.3 Å². The van der Waals surface area contributed by atoms with Crippen molar-refractivity contribution in [2.45, 2.75) is 12.8 Å². The number of rotatable bonds is 7. The summed E-state index contributed by atoms with van der Waals surface area (Å²) in [5.41, 5.74) is 2.05. The number of nitrogens with zero attached hydrogens (tertiary/aromatic N) is 1. The lowest BCUT2D eigenvalue weighted by atomic mass is 10.1. The summed E-state index contributed by atoms with van der Waals surface area (Å²) in [7, 11) is 3.18. The number of ether oxygens (including phenoxy) is 2. The molecule has 2 aromatic rings. The van der Waals surface area contributed by atoms with Crippen molar-refractivity contribution >= 4 is 5.91 Å². The van der Waals surface area contributed by atoms with Gasteiger partial charge in [-0.3, -0.25) is 4.79 Å². The predicted molar refractivity (Wildman–Crippen MR) is 106 cm³/mol. The van der Waals surface area contributed by atoms with Crippen molar-refractivity contribution in [1.82, 2.24) is 4.90 Å². The van der Waals surface area contributed by atoms with Crippen LogP contribution in [-0.4, -0.2) is 57.8 Å². The van der Waals surface area contributed by atoms with Gasteiger partial charge in [0.1, 0.15) is 0 Å². The third kappa shape index (κ3) is 5.01. The Bertz CT molecular complexity index is 740. The molecule has 27 heavy (non-hydrogen) atoms. The van der Waals surface area contributed by atoms with Gasteiger partial charge < -0.3 is 19.3 Å². The molecule has 5 nitrogen and oxygen atoms in total. The predicted octanol–water partition coefficient (Wildman–Crippen LogP) is 1.68. The van der Waals surface area contributed by atoms with Gasteiger partial charge in [0, 0.05) is 12.0 Å². The molecule has 1 saturated heterocycles. The first-order valence-corrected chi connectivity index (χ1v) is 9.60. The highest BCUT2D eigenvalue weighted by atomic mass is 16.5. The number of hydrogen-bond donors (Lipinski definition) is 1. The normalized spacial score (nSPS) is 14.8. The van der Waals surface area contributed by atoms with E-state index in [-0.39, 0.29) is 5.91 Å². The maximum Gasteiger partial charge on any atom is 0.254 e. The van der Waals surface area contributed by atoms with E-state index in [4.69, 9.17) is 9.47 Å². The Morgan fingerprint density at radius 3 is 2.37 bits per heavy atom. The van der Waals surface area contributed by atoms with Crippen LogP contribution in [0.4, 0.5) is 0 Å². The third-order valence-electron chi connectivity index (χ3n) is 5.23. The highest BCUT2D eigenvalue weighted by Gasteiger charge is 2.24. The summed E-state index contributed by atoms with van der Waals surface area (Å²) in [6.45, 7) is 4.77. The molecule has 1 amide bonds. The largest absolute Gasteiger partial charge is 0.493 e. The van der Waals surface area contributed by atoms with E-state index in [9.17, 15) is 4.79 Å². The number of benzene rings is 2. The Kier molecular flexibility index (Phi) is 6.71. The summed E-state index contributed by atoms with van der Waals surface area (Å²) in [6, 6.07) is 16.0. The Labute approximate surface area is 161 Å². The first-order valence-electron chi connectivity index (χ1n) is 9.60. The molecule has 0 aliphatic carbocycles. The van der Waals surface area contributed by atoms with Crippen LogP contribution in [0.3, 0.4) is 0 Å². The second-order valence-electron chi connectivity index (χ2n) is 6.95. The summed E-state index contributed by atoms with van der Waals surface area (Å²) in [5.74, 6) is 1.30. The zero-order chi connectivity index (χ0) is 19.1. The standard InChI is InChI=1S/C22H28N2O3/c1-26-20-11-10-19(17-21(20)27-2)22(25)24-15-13-23(14-16-24)12-6-9-18-7-4-3-5-8-18/h3-5,7-8,10-11,17H,6,9,12-16H2,1-2H3/p+1. The minimum absolute atomic E-state index is 0.0688. The van der Waals surface area contributed by atoms with Gasteiger partial charge >= 0.3 is 0 Å². The molecule has 0 bridgehead atoms. The highest BCUT2D eigenvalue weighted by Crippen LogP contribution is 2.28. The molecule has 0 unspecified atom stereocenters. The molecule has 3 rings (SSSR count). The van der Waals surface area contributed by atoms with Crippen LogP contribution in [0.1, 0.15) is 22.3 Å². The van der Waals surface area contributed by atoms with Crippen molar-refractivity contribution in [3.63, 3.8) is 0 Å². The molecule has 5 heteroatoms. The van der Waals surface area contributed by atoms with Crippen molar-refractivity contribution < 1.29 is 19.2 Å². The van der Waals surface area contributed by atoms with E-state index < -0.39 is 0 Å². The van der Waals surface area contributed by atoms with Gasteiger partial charge in [-0.2, -0.15) is 0 Å². The van der Waals surface area contributed by atoms with Gasteiger partial charge in [0.2, 0.25) is 0 Å². The molecule has 0 saturated carbocycles. The number of nitrogens with one attached hydrogen (secondary N) is 1. The van der Waals surface area contributed by atoms with Gasteiger partial charge in [0.05, 0.1) is 46.9 Å². The molecule has 0 aromatic heterocycles. The van der Waals surface area contributed by atoms with Gasteiger partial charge in [-0.25, -0.2) is 0 Å². The number of piperazine rings is 1. The lowest BCUT2D eigenvalue weighted by Crippen LogP contribution is -3.14. The Morgan fingerprint density at radius 1 is 1.00 bits per heavy atom. The lowest BCUT2D eigenvalue weighted by molar-refractivity contribution is -0.904. The van der Waals surface area contributed by atoms with E-state index >= 15 is 0 Å². The van der Waals surface area contributed by atoms with Crippen molar-refractivity contribution in [2.75, 3.05) is 46.9 Å². The zero-order valence-electron chi connectivity index (χ0n) is 16.2. The van der Waals surface area contributed by atoms with Gasteiger partial charge in [-0.05, 0) is 30.2 Å². The van der Waals surface area contributed by atoms with Crippen LogP contribution in [0, 0.1) is 0 Å². The van der Waals surface area contributed by atoms with Crippen LogP contribution >= 0.6 is 0 Å². The number of methoxy groups -OCH3 is 2. The van der Waals surface area contributed by atoms with Crippen LogP contribution < -0.4 is 14.4 Å². The Morgan fingerprint density at radius 2 is 1.70 bits per heavy atom. The van der Waals surface area contributed by atoms with E-state index in [1.165, 1.54) is 12.0 Å². The molecule has 1 fully saturated rings. The van der Waals surface area contributed by atoms with Crippen molar-refractivity contribution in [2.24, 2.45) is 0 Å². The summed E-state index contributed by atoms with van der Waals surface area (Å²) < 4.78 is 10.6. The Balaban J connectivity index is 1.48. The molecule has 2 aromatic carbocycles. The molecule has 1 aliphatic rings. The second kappa shape index (κ2) is 9.42. The minimum Gasteiger partial charge on any atom is -0.493 e. The van der Waals surface area contributed by atoms with Crippen LogP contribution in [0.25, 0.3) is 0 Å². The maximum atomic E-state index is 12.8. The van der Waals surface area contributed by atoms with Gasteiger partial charge in [0.25, 0.3) is 5.91 Å². The smallest absolute Gasteiger partial charge is 0.254 e. The SMILES string of the molecule is COc1ccc(C(=O)N2CC[NH+](CCCc3ccccc3)CC2)cc1OC. The zero-order valence-corrected chi connectivity index (χ0v) is 16.2. The molecular weight excluding hydrogens is 340 g/mol. The lowest BCUT2D eigenvalue weighted by Gasteiger charge is -2.32. The molecule has 1 aliphatic heterocycles. The molecule has 1 heterocycles. The van der Waals surface area contributed by atoms with Crippen molar-refractivity contribution in [3.8, 4) is 11.5 Å². The van der Waals surface area contributed by atoms with Crippen LogP contribution in [0.15, 0.2) is 48.5 Å². The minimum atomic E-state index is 0.0688. The first kappa shape index (κ1) is 19.2. The number of aryl methyl sites for hydroxylation is 1. The average Bonchev–Trinajstić information content (AvgIpc) is 2.74. The van der Waals surface area contributed by atoms with Crippen LogP contribution in [0.2, 0.25) is 0 Å². The highest BCUT2D eigenvalue weighted by molar-refractivity contribution is 5.95. The summed E-state index contributed by atoms with van der Waals surface area (Å²) >= 11 is 0. The maximum absolute atomic E-state index is 12.8. The van der Waals surface area contributed by atoms with Crippen molar-refractivity contribution in [3.05, 3.63) is 59.7 Å². The van der Waals surface area contributed by atoms with E-state index in [0.29, 0.717) is 17.1 Å². The van der Waals surface area contributed by atoms with Crippen molar-refractivity contribution in [1.29, 1.82) is 0 Å². The fourth-order valence-electron chi connectivity index (χ4n) is 3.62. The number of amides is 1. The monoisotopic (exact) mass is 369 g/mol. The molecule has 0 radical (unpaired) electrons. The summed E-state index contributed by atoms with van der Waals surface area (Å²) in [4.78, 5) is 16.3. The average molecular weight is 369 g/mol. The topological polar surface area (TPSA) is 43.2 Å². The third-order valence-corrected chi connectivity index (χ3v) is 5.23. The number of quaternary nitrogens is 1. The fourth-order valence-corrected chi connectivity index (χ4v) is 3.62. The molecule has 1 N–H and O–H groups in total. The van der Waals surface area contributed by atoms with Crippen LogP contribution in [-0.2, 0) is 6.42 Å². The van der Waals surface area contributed by atoms with E-state index in [1.54, 1.807) is 31.3 Å². The fraction of sp³-hybridized carbons (Fsp3) is 0.409. The summed E-state index contributed by atoms with van der Waals surface area (Å²) in [6.07, 6.45) is 2.31. The number of hydrogen-bond acceptors (Lipinski definition) is 3. The molecular formula is C22H29N2O3+. The second-order valence-corrected chi connectivity index (χ2v) is 6.95. The van der Waals surface area contributed by atoms with E-state index in [1.807, 2.05) is 11.0 Å².